The second-order valence-corrected chi connectivity index (χ2v) is 0. The standard InChI is InChI=1S/Ca.Co.Fe.H4Si.V.2H/h;;;1H4;;;. The van der Waals surface area contributed by atoms with Gasteiger partial charge in [-0.25, -0.2) is 0 Å². The maximum atomic E-state index is 0. The van der Waals surface area contributed by atoms with Crippen LogP contribution in [0.15, 0.2) is 0 Å². The largest absolute Gasteiger partial charge is 0.0149 e. The minimum atomic E-state index is 0. The average molecular weight is 240 g/mol. The minimum Gasteiger partial charge on any atom is -0.0149 e. The van der Waals surface area contributed by atoms with Gasteiger partial charge in [0, 0.05) is 52.4 Å². The molecule has 0 atom stereocenters. The van der Waals surface area contributed by atoms with Crippen molar-refractivity contribution in [3.05, 3.63) is 0 Å². The molecule has 0 saturated carbocycles. The van der Waals surface area contributed by atoms with Gasteiger partial charge in [0.2, 0.25) is 0 Å². The summed E-state index contributed by atoms with van der Waals surface area (Å²) >= 11 is 0. The van der Waals surface area contributed by atoms with Gasteiger partial charge >= 0.3 is 37.7 Å². The summed E-state index contributed by atoms with van der Waals surface area (Å²) in [5, 5.41) is 0. The Labute approximate surface area is 99.2 Å². The summed E-state index contributed by atoms with van der Waals surface area (Å²) in [7, 11) is 0. The topological polar surface area (TPSA) is 0 Å². The van der Waals surface area contributed by atoms with Crippen LogP contribution < -0.4 is 0 Å². The molecule has 0 aliphatic carbocycles. The maximum Gasteiger partial charge on any atom is 0 e. The monoisotopic (exact) mass is 240 g/mol. The first-order chi connectivity index (χ1) is 0. The second-order valence-electron chi connectivity index (χ2n) is 0. The van der Waals surface area contributed by atoms with Crippen LogP contribution in [0.25, 0.3) is 0 Å². The molecular weight excluding hydrogens is 234 g/mol. The van der Waals surface area contributed by atoms with Crippen LogP contribution in [-0.4, -0.2) is 48.7 Å². The summed E-state index contributed by atoms with van der Waals surface area (Å²) in [6, 6.07) is 0. The maximum absolute atomic E-state index is 0. The van der Waals surface area contributed by atoms with E-state index < -0.39 is 0 Å². The Bertz CT molecular complexity index is 11.6. The van der Waals surface area contributed by atoms with Gasteiger partial charge in [-0.2, -0.15) is 0 Å². The Morgan fingerprint density at radius 2 is 1.00 bits per heavy atom. The Balaban J connectivity index is 0. The van der Waals surface area contributed by atoms with Crippen molar-refractivity contribution in [3.8, 4) is 0 Å². The Kier molecular flexibility index (Phi) is 235. The van der Waals surface area contributed by atoms with Crippen molar-refractivity contribution in [1.29, 1.82) is 0 Å². The molecule has 0 aromatic carbocycles. The molecule has 5 heavy (non-hydrogen) atoms. The van der Waals surface area contributed by atoms with E-state index in [9.17, 15) is 0 Å². The molecule has 0 nitrogen and oxygen atoms in total. The van der Waals surface area contributed by atoms with Crippen LogP contribution in [0.4, 0.5) is 0 Å². The molecule has 0 N–H and O–H groups in total. The molecule has 2 radical (unpaired) electrons. The van der Waals surface area contributed by atoms with Gasteiger partial charge in [-0.15, -0.1) is 0 Å². The molecule has 34 valence electrons. The SMILES string of the molecule is [CaH2].[Co].[Fe].[SiH4].[V]. The van der Waals surface area contributed by atoms with E-state index in [1.165, 1.54) is 0 Å². The van der Waals surface area contributed by atoms with Crippen LogP contribution in [0.1, 0.15) is 0 Å². The van der Waals surface area contributed by atoms with Crippen molar-refractivity contribution in [1.82, 2.24) is 0 Å². The summed E-state index contributed by atoms with van der Waals surface area (Å²) in [6.45, 7) is 0. The fraction of sp³-hybridized carbons (Fsp3) is 0. The normalized spacial score (nSPS) is 0. The molecule has 0 aliphatic heterocycles. The van der Waals surface area contributed by atoms with Crippen molar-refractivity contribution in [2.45, 2.75) is 0 Å². The van der Waals surface area contributed by atoms with Gasteiger partial charge in [0.1, 0.15) is 0 Å². The van der Waals surface area contributed by atoms with Crippen molar-refractivity contribution in [2.24, 2.45) is 0 Å². The molecule has 0 aliphatic rings. The van der Waals surface area contributed by atoms with Crippen LogP contribution in [0.3, 0.4) is 0 Å². The summed E-state index contributed by atoms with van der Waals surface area (Å²) < 4.78 is 0. The third kappa shape index (κ3) is 19.2. The van der Waals surface area contributed by atoms with E-state index in [2.05, 4.69) is 0 Å². The zero-order valence-electron chi connectivity index (χ0n) is 1.13. The summed E-state index contributed by atoms with van der Waals surface area (Å²) in [6.07, 6.45) is 0. The van der Waals surface area contributed by atoms with Crippen molar-refractivity contribution < 1.29 is 52.4 Å². The predicted octanol–water partition coefficient (Wildman–Crippen LogP) is -2.38. The Morgan fingerprint density at radius 1 is 1.00 bits per heavy atom. The number of hydrogen-bond acceptors (Lipinski definition) is 0. The van der Waals surface area contributed by atoms with Gasteiger partial charge < -0.3 is 0 Å². The van der Waals surface area contributed by atoms with E-state index in [1.54, 1.807) is 0 Å². The zero-order chi connectivity index (χ0) is 0. The molecule has 0 fully saturated rings. The van der Waals surface area contributed by atoms with E-state index in [0.717, 1.165) is 0 Å². The molecule has 0 unspecified atom stereocenters. The van der Waals surface area contributed by atoms with E-state index in [4.69, 9.17) is 0 Å². The summed E-state index contributed by atoms with van der Waals surface area (Å²) in [4.78, 5) is 0. The molecule has 5 heteroatoms. The van der Waals surface area contributed by atoms with Crippen molar-refractivity contribution >= 4 is 48.7 Å². The van der Waals surface area contributed by atoms with Gasteiger partial charge in [-0.3, -0.25) is 0 Å². The van der Waals surface area contributed by atoms with Crippen molar-refractivity contribution in [2.75, 3.05) is 0 Å². The molecule has 0 heterocycles. The van der Waals surface area contributed by atoms with E-state index in [-0.39, 0.29) is 101 Å². The van der Waals surface area contributed by atoms with Crippen LogP contribution in [-0.2, 0) is 52.4 Å². The smallest absolute Gasteiger partial charge is 0 e. The quantitative estimate of drug-likeness (QED) is 0.415. The summed E-state index contributed by atoms with van der Waals surface area (Å²) in [5.41, 5.74) is 0. The van der Waals surface area contributed by atoms with Crippen LogP contribution in [0, 0.1) is 0 Å². The second kappa shape index (κ2) is 27.6. The average Bonchev–Trinajstić information content (AvgIpc) is 0. The van der Waals surface area contributed by atoms with Gasteiger partial charge in [0.15, 0.2) is 0 Å². The first kappa shape index (κ1) is 42.6. The third-order valence-electron chi connectivity index (χ3n) is 0. The van der Waals surface area contributed by atoms with Gasteiger partial charge in [-0.05, 0) is 11.0 Å². The van der Waals surface area contributed by atoms with Crippen molar-refractivity contribution in [3.63, 3.8) is 0 Å². The van der Waals surface area contributed by atoms with Crippen LogP contribution >= 0.6 is 0 Å². The molecule has 0 rings (SSSR count). The third-order valence-corrected chi connectivity index (χ3v) is 0. The molecule has 0 bridgehead atoms. The van der Waals surface area contributed by atoms with Gasteiger partial charge in [0.25, 0.3) is 0 Å². The number of rotatable bonds is 0. The van der Waals surface area contributed by atoms with Gasteiger partial charge in [-0.1, -0.05) is 0 Å². The Morgan fingerprint density at radius 3 is 1.00 bits per heavy atom. The molecular formula is H6CaCoFeSiV. The molecule has 0 aromatic rings. The van der Waals surface area contributed by atoms with E-state index >= 15 is 0 Å². The fourth-order valence-electron chi connectivity index (χ4n) is 0. The van der Waals surface area contributed by atoms with Crippen LogP contribution in [0.2, 0.25) is 0 Å². The number of hydrogen-bond donors (Lipinski definition) is 0. The zero-order valence-corrected chi connectivity index (χ0v) is 4.68. The first-order valence-electron chi connectivity index (χ1n) is 0. The molecule has 0 aromatic heterocycles. The predicted molar refractivity (Wildman–Crippen MR) is 19.9 cm³/mol. The Hall–Kier alpha value is 3.09. The first-order valence-corrected chi connectivity index (χ1v) is 0. The fourth-order valence-corrected chi connectivity index (χ4v) is 0. The summed E-state index contributed by atoms with van der Waals surface area (Å²) in [5.74, 6) is 0. The van der Waals surface area contributed by atoms with E-state index in [0.29, 0.717) is 0 Å². The molecule has 0 spiro atoms. The van der Waals surface area contributed by atoms with E-state index in [1.807, 2.05) is 0 Å². The minimum absolute atomic E-state index is 0. The van der Waals surface area contributed by atoms with Crippen LogP contribution in [0.5, 0.6) is 0 Å². The molecule has 0 amide bonds. The van der Waals surface area contributed by atoms with Gasteiger partial charge in [0.05, 0.1) is 0 Å². The molecule has 0 saturated heterocycles.